The second-order valence-corrected chi connectivity index (χ2v) is 4.88. The highest BCUT2D eigenvalue weighted by Gasteiger charge is 2.18. The molecule has 0 aliphatic heterocycles. The van der Waals surface area contributed by atoms with E-state index in [9.17, 15) is 15.3 Å². The van der Waals surface area contributed by atoms with Gasteiger partial charge in [0.15, 0.2) is 0 Å². The topological polar surface area (TPSA) is 141 Å². The molecule has 0 fully saturated rings. The minimum atomic E-state index is -0.660. The molecule has 120 valence electrons. The first kappa shape index (κ1) is 15.7. The number of hydrogen-bond donors (Lipinski definition) is 2. The quantitative estimate of drug-likeness (QED) is 0.747. The largest absolute Gasteiger partial charge is 0.424 e. The first-order chi connectivity index (χ1) is 12.1. The number of aromatic amines is 1. The normalized spacial score (nSPS) is 9.84. The first-order valence-electron chi connectivity index (χ1n) is 7.05. The fraction of sp³-hybridized carbons (Fsp3) is 0. The zero-order valence-electron chi connectivity index (χ0n) is 12.7. The van der Waals surface area contributed by atoms with E-state index in [4.69, 9.17) is 10.5 Å². The molecule has 0 unspecified atom stereocenters. The van der Waals surface area contributed by atoms with Crippen molar-refractivity contribution in [1.29, 1.82) is 10.5 Å². The number of rotatable bonds is 3. The zero-order valence-corrected chi connectivity index (χ0v) is 12.7. The third kappa shape index (κ3) is 3.00. The van der Waals surface area contributed by atoms with Crippen LogP contribution in [0.25, 0.3) is 11.1 Å². The molecule has 8 nitrogen and oxygen atoms in total. The summed E-state index contributed by atoms with van der Waals surface area (Å²) in [7, 11) is 0. The van der Waals surface area contributed by atoms with Crippen LogP contribution in [0.15, 0.2) is 47.5 Å². The molecule has 0 spiro atoms. The van der Waals surface area contributed by atoms with Crippen molar-refractivity contribution in [3.63, 3.8) is 0 Å². The third-order valence-electron chi connectivity index (χ3n) is 3.34. The molecular weight excluding hydrogens is 320 g/mol. The van der Waals surface area contributed by atoms with Gasteiger partial charge in [-0.15, -0.1) is 0 Å². The Morgan fingerprint density at radius 3 is 2.48 bits per heavy atom. The Hall–Kier alpha value is -4.17. The van der Waals surface area contributed by atoms with Crippen molar-refractivity contribution >= 4 is 5.82 Å². The molecule has 1 aromatic carbocycles. The summed E-state index contributed by atoms with van der Waals surface area (Å²) in [6.45, 7) is 0. The van der Waals surface area contributed by atoms with Crippen molar-refractivity contribution in [2.24, 2.45) is 0 Å². The van der Waals surface area contributed by atoms with Gasteiger partial charge < -0.3 is 15.5 Å². The number of benzene rings is 1. The Bertz CT molecular complexity index is 1080. The summed E-state index contributed by atoms with van der Waals surface area (Å²) in [5, 5.41) is 18.7. The van der Waals surface area contributed by atoms with Crippen LogP contribution in [0, 0.1) is 22.7 Å². The smallest absolute Gasteiger partial charge is 0.321 e. The molecule has 0 bridgehead atoms. The molecule has 0 aliphatic rings. The van der Waals surface area contributed by atoms with E-state index < -0.39 is 5.56 Å². The van der Waals surface area contributed by atoms with Gasteiger partial charge in [-0.3, -0.25) is 4.79 Å². The van der Waals surface area contributed by atoms with E-state index in [0.717, 1.165) is 0 Å². The van der Waals surface area contributed by atoms with Gasteiger partial charge in [-0.05, 0) is 23.8 Å². The molecule has 0 saturated heterocycles. The summed E-state index contributed by atoms with van der Waals surface area (Å²) < 4.78 is 5.54. The molecule has 2 heterocycles. The average molecular weight is 330 g/mol. The number of nitrogens with one attached hydrogen (secondary N) is 1. The SMILES string of the molecule is N#Cc1c(N)[nH]c(=O)c(C#N)c1-c1cccc(Oc2ncccn2)c1. The molecule has 0 atom stereocenters. The lowest BCUT2D eigenvalue weighted by molar-refractivity contribution is 0.442. The number of nitrogens with zero attached hydrogens (tertiary/aromatic N) is 4. The van der Waals surface area contributed by atoms with Crippen LogP contribution in [0.2, 0.25) is 0 Å². The Balaban J connectivity index is 2.15. The Morgan fingerprint density at radius 1 is 1.08 bits per heavy atom. The van der Waals surface area contributed by atoms with Crippen LogP contribution in [-0.4, -0.2) is 15.0 Å². The minimum Gasteiger partial charge on any atom is -0.424 e. The van der Waals surface area contributed by atoms with E-state index in [0.29, 0.717) is 11.3 Å². The summed E-state index contributed by atoms with van der Waals surface area (Å²) in [6, 6.07) is 12.1. The Labute approximate surface area is 141 Å². The molecule has 3 N–H and O–H groups in total. The predicted octanol–water partition coefficient (Wildman–Crippen LogP) is 1.95. The van der Waals surface area contributed by atoms with Crippen molar-refractivity contribution < 1.29 is 4.74 Å². The molecule has 0 saturated carbocycles. The number of nitrogen functional groups attached to an aromatic ring is 1. The number of hydrogen-bond acceptors (Lipinski definition) is 7. The molecule has 2 aromatic heterocycles. The first-order valence-corrected chi connectivity index (χ1v) is 7.05. The molecule has 25 heavy (non-hydrogen) atoms. The van der Waals surface area contributed by atoms with Gasteiger partial charge in [0.1, 0.15) is 34.8 Å². The lowest BCUT2D eigenvalue weighted by atomic mass is 9.96. The fourth-order valence-electron chi connectivity index (χ4n) is 2.29. The molecular formula is C17H10N6O2. The number of ether oxygens (including phenoxy) is 1. The number of aromatic nitrogens is 3. The van der Waals surface area contributed by atoms with Gasteiger partial charge in [0.25, 0.3) is 5.56 Å². The lowest BCUT2D eigenvalue weighted by Gasteiger charge is -2.10. The predicted molar refractivity (Wildman–Crippen MR) is 88.4 cm³/mol. The monoisotopic (exact) mass is 330 g/mol. The summed E-state index contributed by atoms with van der Waals surface area (Å²) in [4.78, 5) is 22.2. The van der Waals surface area contributed by atoms with E-state index >= 15 is 0 Å². The summed E-state index contributed by atoms with van der Waals surface area (Å²) in [5.74, 6) is 0.287. The van der Waals surface area contributed by atoms with Gasteiger partial charge in [-0.1, -0.05) is 12.1 Å². The van der Waals surface area contributed by atoms with Gasteiger partial charge in [0, 0.05) is 18.0 Å². The van der Waals surface area contributed by atoms with Crippen molar-refractivity contribution in [3.8, 4) is 35.0 Å². The fourth-order valence-corrected chi connectivity index (χ4v) is 2.29. The van der Waals surface area contributed by atoms with E-state index in [1.165, 1.54) is 12.4 Å². The standard InChI is InChI=1S/C17H10N6O2/c18-8-12-14(13(9-19)16(24)23-15(12)20)10-3-1-4-11(7-10)25-17-21-5-2-6-22-17/h1-7H,(H3,20,23,24). The molecule has 3 aromatic rings. The minimum absolute atomic E-state index is 0.0178. The zero-order chi connectivity index (χ0) is 17.8. The van der Waals surface area contributed by atoms with Crippen molar-refractivity contribution in [2.45, 2.75) is 0 Å². The summed E-state index contributed by atoms with van der Waals surface area (Å²) >= 11 is 0. The van der Waals surface area contributed by atoms with E-state index in [1.807, 2.05) is 12.1 Å². The Kier molecular flexibility index (Phi) is 4.10. The number of pyridine rings is 1. The van der Waals surface area contributed by atoms with Gasteiger partial charge in [0.2, 0.25) is 0 Å². The number of nitriles is 2. The highest BCUT2D eigenvalue weighted by molar-refractivity contribution is 5.80. The van der Waals surface area contributed by atoms with Gasteiger partial charge in [-0.2, -0.15) is 10.5 Å². The highest BCUT2D eigenvalue weighted by atomic mass is 16.5. The second kappa shape index (κ2) is 6.52. The summed E-state index contributed by atoms with van der Waals surface area (Å²) in [6.07, 6.45) is 3.07. The van der Waals surface area contributed by atoms with E-state index in [2.05, 4.69) is 15.0 Å². The van der Waals surface area contributed by atoms with Crippen molar-refractivity contribution in [3.05, 3.63) is 64.2 Å². The molecule has 0 radical (unpaired) electrons. The van der Waals surface area contributed by atoms with Gasteiger partial charge >= 0.3 is 6.01 Å². The molecule has 0 aliphatic carbocycles. The van der Waals surface area contributed by atoms with Crippen LogP contribution in [0.1, 0.15) is 11.1 Å². The number of H-pyrrole nitrogens is 1. The second-order valence-electron chi connectivity index (χ2n) is 4.88. The van der Waals surface area contributed by atoms with Crippen LogP contribution in [-0.2, 0) is 0 Å². The maximum Gasteiger partial charge on any atom is 0.321 e. The van der Waals surface area contributed by atoms with Crippen LogP contribution >= 0.6 is 0 Å². The van der Waals surface area contributed by atoms with E-state index in [1.54, 1.807) is 30.3 Å². The van der Waals surface area contributed by atoms with Gasteiger partial charge in [0.05, 0.1) is 0 Å². The van der Waals surface area contributed by atoms with Crippen molar-refractivity contribution in [1.82, 2.24) is 15.0 Å². The Morgan fingerprint density at radius 2 is 1.80 bits per heavy atom. The van der Waals surface area contributed by atoms with E-state index in [-0.39, 0.29) is 28.5 Å². The van der Waals surface area contributed by atoms with Gasteiger partial charge in [-0.25, -0.2) is 9.97 Å². The third-order valence-corrected chi connectivity index (χ3v) is 3.34. The molecule has 3 rings (SSSR count). The van der Waals surface area contributed by atoms with Crippen LogP contribution in [0.4, 0.5) is 5.82 Å². The summed E-state index contributed by atoms with van der Waals surface area (Å²) in [5.41, 5.74) is 5.48. The highest BCUT2D eigenvalue weighted by Crippen LogP contribution is 2.31. The molecule has 8 heteroatoms. The maximum absolute atomic E-state index is 12.0. The average Bonchev–Trinajstić information content (AvgIpc) is 2.62. The number of anilines is 1. The van der Waals surface area contributed by atoms with Crippen LogP contribution in [0.5, 0.6) is 11.8 Å². The maximum atomic E-state index is 12.0. The van der Waals surface area contributed by atoms with Crippen LogP contribution < -0.4 is 16.0 Å². The van der Waals surface area contributed by atoms with Crippen LogP contribution in [0.3, 0.4) is 0 Å². The lowest BCUT2D eigenvalue weighted by Crippen LogP contribution is -2.16. The van der Waals surface area contributed by atoms with Crippen molar-refractivity contribution in [2.75, 3.05) is 5.73 Å². The molecule has 0 amide bonds. The number of nitrogens with two attached hydrogens (primary N) is 1.